The first-order chi connectivity index (χ1) is 19.0. The summed E-state index contributed by atoms with van der Waals surface area (Å²) < 4.78 is 5.47. The van der Waals surface area contributed by atoms with Crippen LogP contribution < -0.4 is 10.6 Å². The number of carbonyl (C=O) groups is 3. The van der Waals surface area contributed by atoms with Gasteiger partial charge in [-0.2, -0.15) is 0 Å². The molecule has 2 N–H and O–H groups in total. The number of anilines is 2. The molecule has 1 aromatic heterocycles. The number of ether oxygens (including phenoxy) is 1. The number of carbonyl (C=O) groups excluding carboxylic acids is 3. The van der Waals surface area contributed by atoms with Crippen molar-refractivity contribution >= 4 is 29.4 Å². The van der Waals surface area contributed by atoms with Crippen molar-refractivity contribution in [1.29, 1.82) is 0 Å². The van der Waals surface area contributed by atoms with Gasteiger partial charge in [-0.3, -0.25) is 9.59 Å². The lowest BCUT2D eigenvalue weighted by Gasteiger charge is -2.25. The first-order valence-corrected chi connectivity index (χ1v) is 13.7. The van der Waals surface area contributed by atoms with E-state index in [4.69, 9.17) is 4.74 Å². The number of aryl methyl sites for hydroxylation is 1. The summed E-state index contributed by atoms with van der Waals surface area (Å²) in [5, 5.41) is 5.96. The summed E-state index contributed by atoms with van der Waals surface area (Å²) in [6.45, 7) is 5.98. The molecular formula is C32H36N4O4. The zero-order valence-corrected chi connectivity index (χ0v) is 23.5. The summed E-state index contributed by atoms with van der Waals surface area (Å²) in [6.07, 6.45) is 4.32. The van der Waals surface area contributed by atoms with Crippen LogP contribution in [0.15, 0.2) is 60.8 Å². The van der Waals surface area contributed by atoms with Gasteiger partial charge in [0, 0.05) is 37.5 Å². The standard InChI is InChI=1S/C32H36N4O4/c1-31(2,3)40-30(39)36(4)20-23-10-6-5-9-21(23)11-7-13-27(37)34-25-15-14-22-18-32(19-24(22)17-25)26-12-8-16-33-28(26)35-29(32)38/h5-6,8-10,12,14-17H,7,11,13,18-20H2,1-4H3,(H,34,37)(H,33,35,38)/t32-/m1/s1. The van der Waals surface area contributed by atoms with E-state index in [0.717, 1.165) is 39.9 Å². The highest BCUT2D eigenvalue weighted by Crippen LogP contribution is 2.46. The monoisotopic (exact) mass is 540 g/mol. The Kier molecular flexibility index (Phi) is 7.36. The summed E-state index contributed by atoms with van der Waals surface area (Å²) in [6, 6.07) is 17.7. The molecule has 2 aliphatic rings. The molecule has 0 fully saturated rings. The van der Waals surface area contributed by atoms with E-state index in [9.17, 15) is 14.4 Å². The molecule has 40 heavy (non-hydrogen) atoms. The second kappa shape index (κ2) is 10.8. The summed E-state index contributed by atoms with van der Waals surface area (Å²) in [4.78, 5) is 44.0. The Labute approximate surface area is 235 Å². The lowest BCUT2D eigenvalue weighted by atomic mass is 9.79. The fourth-order valence-corrected chi connectivity index (χ4v) is 5.62. The molecular weight excluding hydrogens is 504 g/mol. The molecule has 5 rings (SSSR count). The third kappa shape index (κ3) is 5.71. The van der Waals surface area contributed by atoms with Crippen molar-refractivity contribution in [3.8, 4) is 0 Å². The molecule has 2 aromatic carbocycles. The number of benzene rings is 2. The van der Waals surface area contributed by atoms with Crippen molar-refractivity contribution in [3.05, 3.63) is 88.6 Å². The van der Waals surface area contributed by atoms with Crippen LogP contribution >= 0.6 is 0 Å². The summed E-state index contributed by atoms with van der Waals surface area (Å²) in [5.41, 5.74) is 4.86. The normalized spacial score (nSPS) is 17.2. The van der Waals surface area contributed by atoms with Gasteiger partial charge in [0.05, 0.1) is 5.41 Å². The van der Waals surface area contributed by atoms with Gasteiger partial charge in [0.1, 0.15) is 11.4 Å². The maximum absolute atomic E-state index is 12.9. The molecule has 1 atom stereocenters. The van der Waals surface area contributed by atoms with Gasteiger partial charge in [-0.25, -0.2) is 9.78 Å². The molecule has 0 radical (unpaired) electrons. The SMILES string of the molecule is CN(Cc1ccccc1CCCC(=O)Nc1ccc2c(c1)C[C@@]1(C2)C(=O)Nc2ncccc21)C(=O)OC(C)(C)C. The maximum Gasteiger partial charge on any atom is 0.410 e. The van der Waals surface area contributed by atoms with Gasteiger partial charge < -0.3 is 20.3 Å². The van der Waals surface area contributed by atoms with Crippen LogP contribution in [0.2, 0.25) is 0 Å². The number of hydrogen-bond acceptors (Lipinski definition) is 5. The Balaban J connectivity index is 1.16. The van der Waals surface area contributed by atoms with E-state index in [0.29, 0.717) is 38.0 Å². The molecule has 1 spiro atoms. The van der Waals surface area contributed by atoms with Gasteiger partial charge in [0.25, 0.3) is 0 Å². The molecule has 0 saturated carbocycles. The topological polar surface area (TPSA) is 101 Å². The Morgan fingerprint density at radius 3 is 2.58 bits per heavy atom. The number of hydrogen-bond donors (Lipinski definition) is 2. The number of pyridine rings is 1. The van der Waals surface area contributed by atoms with Crippen molar-refractivity contribution < 1.29 is 19.1 Å². The zero-order valence-electron chi connectivity index (χ0n) is 23.5. The molecule has 0 unspecified atom stereocenters. The Bertz CT molecular complexity index is 1460. The van der Waals surface area contributed by atoms with Gasteiger partial charge >= 0.3 is 6.09 Å². The van der Waals surface area contributed by atoms with Crippen LogP contribution in [-0.2, 0) is 45.5 Å². The van der Waals surface area contributed by atoms with Crippen molar-refractivity contribution in [1.82, 2.24) is 9.88 Å². The second-order valence-electron chi connectivity index (χ2n) is 11.8. The van der Waals surface area contributed by atoms with E-state index < -0.39 is 11.0 Å². The van der Waals surface area contributed by atoms with E-state index in [-0.39, 0.29) is 17.9 Å². The second-order valence-corrected chi connectivity index (χ2v) is 11.8. The molecule has 3 amide bonds. The van der Waals surface area contributed by atoms with Crippen molar-refractivity contribution in [2.24, 2.45) is 0 Å². The quantitative estimate of drug-likeness (QED) is 0.418. The molecule has 8 nitrogen and oxygen atoms in total. The molecule has 3 aromatic rings. The van der Waals surface area contributed by atoms with Crippen LogP contribution in [0.3, 0.4) is 0 Å². The minimum atomic E-state index is -0.625. The van der Waals surface area contributed by atoms with E-state index in [1.807, 2.05) is 75.4 Å². The minimum absolute atomic E-state index is 0.0134. The molecule has 1 aliphatic carbocycles. The molecule has 1 aliphatic heterocycles. The largest absolute Gasteiger partial charge is 0.444 e. The highest BCUT2D eigenvalue weighted by atomic mass is 16.6. The van der Waals surface area contributed by atoms with Crippen LogP contribution in [0, 0.1) is 0 Å². The first-order valence-electron chi connectivity index (χ1n) is 13.7. The van der Waals surface area contributed by atoms with Crippen LogP contribution in [-0.4, -0.2) is 40.4 Å². The van der Waals surface area contributed by atoms with Gasteiger partial charge in [0.15, 0.2) is 0 Å². The first kappa shape index (κ1) is 27.4. The number of rotatable bonds is 7. The zero-order chi connectivity index (χ0) is 28.5. The van der Waals surface area contributed by atoms with Gasteiger partial charge in [-0.1, -0.05) is 36.4 Å². The average molecular weight is 541 g/mol. The van der Waals surface area contributed by atoms with Crippen LogP contribution in [0.1, 0.15) is 61.4 Å². The van der Waals surface area contributed by atoms with E-state index >= 15 is 0 Å². The van der Waals surface area contributed by atoms with Gasteiger partial charge in [0.2, 0.25) is 11.8 Å². The lowest BCUT2D eigenvalue weighted by Crippen LogP contribution is -2.35. The molecule has 208 valence electrons. The number of aromatic nitrogens is 1. The third-order valence-corrected chi connectivity index (χ3v) is 7.55. The average Bonchev–Trinajstić information content (AvgIpc) is 3.41. The molecule has 0 saturated heterocycles. The number of nitrogens with zero attached hydrogens (tertiary/aromatic N) is 2. The Morgan fingerprint density at radius 1 is 1.05 bits per heavy atom. The lowest BCUT2D eigenvalue weighted by molar-refractivity contribution is -0.120. The summed E-state index contributed by atoms with van der Waals surface area (Å²) in [5.74, 6) is 0.580. The molecule has 2 heterocycles. The summed E-state index contributed by atoms with van der Waals surface area (Å²) in [7, 11) is 1.73. The van der Waals surface area contributed by atoms with Gasteiger partial charge in [-0.05, 0) is 86.9 Å². The van der Waals surface area contributed by atoms with E-state index in [1.54, 1.807) is 18.1 Å². The van der Waals surface area contributed by atoms with Crippen molar-refractivity contribution in [2.75, 3.05) is 17.7 Å². The number of nitrogens with one attached hydrogen (secondary N) is 2. The predicted molar refractivity (Wildman–Crippen MR) is 154 cm³/mol. The highest BCUT2D eigenvalue weighted by Gasteiger charge is 2.51. The predicted octanol–water partition coefficient (Wildman–Crippen LogP) is 5.40. The van der Waals surface area contributed by atoms with E-state index in [2.05, 4.69) is 15.6 Å². The number of amides is 3. The molecule has 8 heteroatoms. The Morgan fingerprint density at radius 2 is 1.80 bits per heavy atom. The molecule has 0 bridgehead atoms. The fraction of sp³-hybridized carbons (Fsp3) is 0.375. The fourth-order valence-electron chi connectivity index (χ4n) is 5.62. The van der Waals surface area contributed by atoms with Crippen molar-refractivity contribution in [2.45, 2.75) is 70.4 Å². The smallest absolute Gasteiger partial charge is 0.410 e. The highest BCUT2D eigenvalue weighted by molar-refractivity contribution is 6.06. The van der Waals surface area contributed by atoms with Gasteiger partial charge in [-0.15, -0.1) is 0 Å². The number of fused-ring (bicyclic) bond motifs is 3. The van der Waals surface area contributed by atoms with Crippen LogP contribution in [0.25, 0.3) is 0 Å². The van der Waals surface area contributed by atoms with E-state index in [1.165, 1.54) is 0 Å². The Hall–Kier alpha value is -4.20. The van der Waals surface area contributed by atoms with Crippen LogP contribution in [0.5, 0.6) is 0 Å². The van der Waals surface area contributed by atoms with Crippen molar-refractivity contribution in [3.63, 3.8) is 0 Å². The third-order valence-electron chi connectivity index (χ3n) is 7.55. The summed E-state index contributed by atoms with van der Waals surface area (Å²) >= 11 is 0. The minimum Gasteiger partial charge on any atom is -0.444 e. The maximum atomic E-state index is 12.9. The van der Waals surface area contributed by atoms with Crippen LogP contribution in [0.4, 0.5) is 16.3 Å².